The average molecular weight is 481 g/mol. The van der Waals surface area contributed by atoms with Crippen LogP contribution in [-0.4, -0.2) is 57.6 Å². The molecule has 1 aliphatic carbocycles. The molecule has 8 nitrogen and oxygen atoms in total. The summed E-state index contributed by atoms with van der Waals surface area (Å²) in [5, 5.41) is 3.08. The fourth-order valence-electron chi connectivity index (χ4n) is 5.09. The van der Waals surface area contributed by atoms with Gasteiger partial charge in [0.15, 0.2) is 0 Å². The van der Waals surface area contributed by atoms with Gasteiger partial charge in [0, 0.05) is 37.7 Å². The molecule has 3 heterocycles. The fourth-order valence-corrected chi connectivity index (χ4v) is 5.09. The molecule has 0 bridgehead atoms. The summed E-state index contributed by atoms with van der Waals surface area (Å²) in [5.74, 6) is -0.777. The Balaban J connectivity index is 1.65. The number of hydrogen-bond donors (Lipinski definition) is 1. The lowest BCUT2D eigenvalue weighted by atomic mass is 9.96. The summed E-state index contributed by atoms with van der Waals surface area (Å²) in [6.45, 7) is 4.98. The molecular formula is C27H36N4O4. The van der Waals surface area contributed by atoms with E-state index in [0.717, 1.165) is 31.4 Å². The summed E-state index contributed by atoms with van der Waals surface area (Å²) in [4.78, 5) is 46.2. The molecule has 0 unspecified atom stereocenters. The Hall–Kier alpha value is -3.00. The van der Waals surface area contributed by atoms with E-state index in [1.165, 1.54) is 19.3 Å². The molecule has 1 saturated heterocycles. The Bertz CT molecular complexity index is 1070. The zero-order chi connectivity index (χ0) is 24.8. The number of carbonyl (C=O) groups is 2. The van der Waals surface area contributed by atoms with Gasteiger partial charge in [-0.15, -0.1) is 0 Å². The number of aromatic nitrogens is 2. The van der Waals surface area contributed by atoms with Crippen LogP contribution in [0.4, 0.5) is 0 Å². The van der Waals surface area contributed by atoms with Crippen LogP contribution in [0, 0.1) is 0 Å². The van der Waals surface area contributed by atoms with Gasteiger partial charge < -0.3 is 19.5 Å². The van der Waals surface area contributed by atoms with Gasteiger partial charge in [0.25, 0.3) is 11.8 Å². The zero-order valence-corrected chi connectivity index (χ0v) is 20.7. The van der Waals surface area contributed by atoms with Gasteiger partial charge in [-0.25, -0.2) is 0 Å². The van der Waals surface area contributed by atoms with Crippen LogP contribution in [0.3, 0.4) is 0 Å². The van der Waals surface area contributed by atoms with E-state index in [4.69, 9.17) is 4.74 Å². The summed E-state index contributed by atoms with van der Waals surface area (Å²) in [5.41, 5.74) is 0.257. The highest BCUT2D eigenvalue weighted by Crippen LogP contribution is 2.18. The second-order valence-electron chi connectivity index (χ2n) is 9.89. The fraction of sp³-hybridized carbons (Fsp3) is 0.556. The van der Waals surface area contributed by atoms with Crippen LogP contribution in [0.15, 0.2) is 41.6 Å². The first-order chi connectivity index (χ1) is 16.9. The first-order valence-electron chi connectivity index (χ1n) is 12.8. The van der Waals surface area contributed by atoms with Crippen molar-refractivity contribution in [3.05, 3.63) is 63.8 Å². The van der Waals surface area contributed by atoms with E-state index < -0.39 is 11.3 Å². The number of carbonyl (C=O) groups excluding carboxylic acids is 2. The largest absolute Gasteiger partial charge is 0.372 e. The van der Waals surface area contributed by atoms with E-state index in [-0.39, 0.29) is 35.3 Å². The van der Waals surface area contributed by atoms with Crippen molar-refractivity contribution in [2.24, 2.45) is 0 Å². The van der Waals surface area contributed by atoms with Crippen LogP contribution in [-0.2, 0) is 11.3 Å². The van der Waals surface area contributed by atoms with E-state index in [1.54, 1.807) is 28.1 Å². The van der Waals surface area contributed by atoms with Crippen molar-refractivity contribution in [2.75, 3.05) is 13.1 Å². The minimum absolute atomic E-state index is 0.00296. The van der Waals surface area contributed by atoms with Gasteiger partial charge in [-0.1, -0.05) is 38.2 Å². The third-order valence-electron chi connectivity index (χ3n) is 6.77. The molecule has 4 rings (SSSR count). The molecular weight excluding hydrogens is 444 g/mol. The number of pyridine rings is 2. The number of morpholine rings is 1. The van der Waals surface area contributed by atoms with Crippen molar-refractivity contribution in [2.45, 2.75) is 83.6 Å². The van der Waals surface area contributed by atoms with Gasteiger partial charge in [0.2, 0.25) is 5.43 Å². The molecule has 1 saturated carbocycles. The number of hydrogen-bond acceptors (Lipinski definition) is 5. The maximum atomic E-state index is 13.5. The van der Waals surface area contributed by atoms with Crippen molar-refractivity contribution in [1.82, 2.24) is 19.8 Å². The lowest BCUT2D eigenvalue weighted by Crippen LogP contribution is -2.49. The number of amides is 2. The highest BCUT2D eigenvalue weighted by Gasteiger charge is 2.30. The van der Waals surface area contributed by atoms with Crippen molar-refractivity contribution in [3.8, 4) is 0 Å². The van der Waals surface area contributed by atoms with Crippen LogP contribution < -0.4 is 10.7 Å². The van der Waals surface area contributed by atoms with Crippen LogP contribution in [0.1, 0.15) is 85.2 Å². The number of nitrogens with zero attached hydrogens (tertiary/aromatic N) is 3. The lowest BCUT2D eigenvalue weighted by Gasteiger charge is -2.35. The summed E-state index contributed by atoms with van der Waals surface area (Å²) < 4.78 is 7.47. The zero-order valence-electron chi connectivity index (χ0n) is 20.7. The number of rotatable bonds is 5. The van der Waals surface area contributed by atoms with E-state index in [9.17, 15) is 14.4 Å². The molecule has 8 heteroatoms. The van der Waals surface area contributed by atoms with Crippen LogP contribution >= 0.6 is 0 Å². The minimum atomic E-state index is -0.526. The van der Waals surface area contributed by atoms with Crippen LogP contribution in [0.25, 0.3) is 0 Å². The quantitative estimate of drug-likeness (QED) is 0.708. The smallest absolute Gasteiger partial charge is 0.259 e. The molecule has 2 aromatic heterocycles. The standard InChI is InChI=1S/C27H36N4O4/c1-19-14-31(15-20(2)35-19)27(34)24-18-30(16-22-12-8-9-13-28-22)17-23(25(24)32)26(33)29-21-10-6-4-3-5-7-11-21/h8-9,12-13,17-21H,3-7,10-11,14-16H2,1-2H3,(H,29,33)/t19-,20+. The molecule has 1 N–H and O–H groups in total. The van der Waals surface area contributed by atoms with Crippen molar-refractivity contribution in [1.29, 1.82) is 0 Å². The summed E-state index contributed by atoms with van der Waals surface area (Å²) in [6, 6.07) is 5.64. The second-order valence-corrected chi connectivity index (χ2v) is 9.89. The van der Waals surface area contributed by atoms with Gasteiger partial charge in [-0.2, -0.15) is 0 Å². The second kappa shape index (κ2) is 11.6. The highest BCUT2D eigenvalue weighted by molar-refractivity contribution is 5.99. The molecule has 188 valence electrons. The molecule has 2 fully saturated rings. The van der Waals surface area contributed by atoms with Gasteiger partial charge in [0.05, 0.1) is 24.4 Å². The topological polar surface area (TPSA) is 93.5 Å². The van der Waals surface area contributed by atoms with Crippen molar-refractivity contribution >= 4 is 11.8 Å². The van der Waals surface area contributed by atoms with E-state index in [0.29, 0.717) is 19.6 Å². The summed E-state index contributed by atoms with van der Waals surface area (Å²) in [7, 11) is 0. The lowest BCUT2D eigenvalue weighted by molar-refractivity contribution is -0.0586. The Kier molecular flexibility index (Phi) is 8.33. The summed E-state index contributed by atoms with van der Waals surface area (Å²) >= 11 is 0. The Labute approximate surface area is 206 Å². The number of nitrogens with one attached hydrogen (secondary N) is 1. The SMILES string of the molecule is C[C@@H]1CN(C(=O)c2cn(Cc3ccccn3)cc(C(=O)NC3CCCCCCC3)c2=O)C[C@H](C)O1. The molecule has 35 heavy (non-hydrogen) atoms. The molecule has 0 aromatic carbocycles. The van der Waals surface area contributed by atoms with Crippen LogP contribution in [0.5, 0.6) is 0 Å². The molecule has 1 aliphatic heterocycles. The predicted molar refractivity (Wildman–Crippen MR) is 134 cm³/mol. The Morgan fingerprint density at radius 2 is 1.66 bits per heavy atom. The molecule has 2 aliphatic rings. The van der Waals surface area contributed by atoms with Crippen molar-refractivity contribution in [3.63, 3.8) is 0 Å². The van der Waals surface area contributed by atoms with E-state index in [1.807, 2.05) is 32.0 Å². The normalized spacial score (nSPS) is 21.7. The molecule has 0 radical (unpaired) electrons. The van der Waals surface area contributed by atoms with Gasteiger partial charge >= 0.3 is 0 Å². The maximum Gasteiger partial charge on any atom is 0.259 e. The Morgan fingerprint density at radius 3 is 2.31 bits per heavy atom. The monoisotopic (exact) mass is 480 g/mol. The third kappa shape index (κ3) is 6.57. The average Bonchev–Trinajstić information content (AvgIpc) is 2.81. The van der Waals surface area contributed by atoms with Gasteiger partial charge in [-0.05, 0) is 38.8 Å². The third-order valence-corrected chi connectivity index (χ3v) is 6.77. The molecule has 2 atom stereocenters. The highest BCUT2D eigenvalue weighted by atomic mass is 16.5. The first kappa shape index (κ1) is 25.1. The van der Waals surface area contributed by atoms with Gasteiger partial charge in [-0.3, -0.25) is 19.4 Å². The molecule has 2 amide bonds. The first-order valence-corrected chi connectivity index (χ1v) is 12.8. The van der Waals surface area contributed by atoms with E-state index >= 15 is 0 Å². The number of ether oxygens (including phenoxy) is 1. The van der Waals surface area contributed by atoms with Crippen LogP contribution in [0.2, 0.25) is 0 Å². The summed E-state index contributed by atoms with van der Waals surface area (Å²) in [6.07, 6.45) is 12.1. The Morgan fingerprint density at radius 1 is 1.00 bits per heavy atom. The molecule has 2 aromatic rings. The molecule has 0 spiro atoms. The predicted octanol–water partition coefficient (Wildman–Crippen LogP) is 3.38. The minimum Gasteiger partial charge on any atom is -0.372 e. The van der Waals surface area contributed by atoms with Crippen molar-refractivity contribution < 1.29 is 14.3 Å². The van der Waals surface area contributed by atoms with Gasteiger partial charge in [0.1, 0.15) is 11.1 Å². The maximum absolute atomic E-state index is 13.5. The van der Waals surface area contributed by atoms with E-state index in [2.05, 4.69) is 10.3 Å².